The molecular formula is C15H13ClN2O2. The fourth-order valence-corrected chi connectivity index (χ4v) is 2.24. The second-order valence-corrected chi connectivity index (χ2v) is 4.36. The number of fused-ring (bicyclic) bond motifs is 1. The smallest absolute Gasteiger partial charge is 0.327 e. The molecule has 102 valence electrons. The Labute approximate surface area is 122 Å². The van der Waals surface area contributed by atoms with Gasteiger partial charge in [-0.25, -0.2) is 0 Å². The highest BCUT2D eigenvalue weighted by Crippen LogP contribution is 2.25. The summed E-state index contributed by atoms with van der Waals surface area (Å²) < 4.78 is 3.18. The van der Waals surface area contributed by atoms with Crippen LogP contribution in [0.4, 0.5) is 0 Å². The first-order chi connectivity index (χ1) is 9.20. The number of nitrogens with zero attached hydrogens (tertiary/aromatic N) is 2. The summed E-state index contributed by atoms with van der Waals surface area (Å²) in [5, 5.41) is 11.0. The van der Waals surface area contributed by atoms with E-state index in [1.807, 2.05) is 36.4 Å². The minimum absolute atomic E-state index is 0. The molecule has 1 N–H and O–H groups in total. The Morgan fingerprint density at radius 1 is 1.05 bits per heavy atom. The van der Waals surface area contributed by atoms with E-state index in [9.17, 15) is 9.90 Å². The molecule has 0 radical (unpaired) electrons. The van der Waals surface area contributed by atoms with E-state index in [0.29, 0.717) is 10.9 Å². The number of hydrogen-bond acceptors (Lipinski definition) is 2. The third kappa shape index (κ3) is 2.04. The van der Waals surface area contributed by atoms with E-state index in [0.717, 1.165) is 0 Å². The molecule has 0 saturated heterocycles. The summed E-state index contributed by atoms with van der Waals surface area (Å²) >= 11 is 0. The summed E-state index contributed by atoms with van der Waals surface area (Å²) in [7, 11) is 1.71. The monoisotopic (exact) mass is 288 g/mol. The largest absolute Gasteiger partial charge is 1.00 e. The quantitative estimate of drug-likeness (QED) is 0.556. The van der Waals surface area contributed by atoms with Crippen molar-refractivity contribution in [2.45, 2.75) is 0 Å². The van der Waals surface area contributed by atoms with E-state index >= 15 is 0 Å². The Kier molecular flexibility index (Phi) is 3.77. The number of aromatic nitrogens is 2. The van der Waals surface area contributed by atoms with E-state index in [-0.39, 0.29) is 29.4 Å². The van der Waals surface area contributed by atoms with Gasteiger partial charge in [-0.1, -0.05) is 18.2 Å². The van der Waals surface area contributed by atoms with Crippen molar-refractivity contribution in [3.8, 4) is 11.4 Å². The van der Waals surface area contributed by atoms with Crippen molar-refractivity contribution in [3.05, 3.63) is 65.2 Å². The molecule has 0 bridgehead atoms. The van der Waals surface area contributed by atoms with Gasteiger partial charge in [-0.05, 0) is 12.1 Å². The molecule has 3 aromatic rings. The molecule has 20 heavy (non-hydrogen) atoms. The van der Waals surface area contributed by atoms with Gasteiger partial charge in [0.15, 0.2) is 12.4 Å². The molecule has 1 aromatic carbocycles. The van der Waals surface area contributed by atoms with Gasteiger partial charge in [0.25, 0.3) is 0 Å². The summed E-state index contributed by atoms with van der Waals surface area (Å²) in [6, 6.07) is 12.8. The van der Waals surface area contributed by atoms with Crippen LogP contribution < -0.4 is 22.5 Å². The van der Waals surface area contributed by atoms with Gasteiger partial charge >= 0.3 is 11.2 Å². The number of rotatable bonds is 1. The lowest BCUT2D eigenvalue weighted by atomic mass is 10.1. The van der Waals surface area contributed by atoms with E-state index in [1.54, 1.807) is 34.6 Å². The number of aromatic hydroxyl groups is 1. The first-order valence-electron chi connectivity index (χ1n) is 5.97. The van der Waals surface area contributed by atoms with Crippen molar-refractivity contribution in [3.63, 3.8) is 0 Å². The highest BCUT2D eigenvalue weighted by Gasteiger charge is 2.22. The molecule has 0 atom stereocenters. The summed E-state index contributed by atoms with van der Waals surface area (Å²) in [5.41, 5.74) is 0.750. The molecule has 4 nitrogen and oxygen atoms in total. The van der Waals surface area contributed by atoms with E-state index in [1.165, 1.54) is 0 Å². The van der Waals surface area contributed by atoms with Crippen LogP contribution in [0.15, 0.2) is 59.7 Å². The molecular weight excluding hydrogens is 276 g/mol. The minimum atomic E-state index is -0.229. The second-order valence-electron chi connectivity index (χ2n) is 4.36. The number of hydrogen-bond donors (Lipinski definition) is 1. The van der Waals surface area contributed by atoms with Crippen molar-refractivity contribution in [1.29, 1.82) is 0 Å². The van der Waals surface area contributed by atoms with Crippen LogP contribution in [0.3, 0.4) is 0 Å². The van der Waals surface area contributed by atoms with Gasteiger partial charge in [0.2, 0.25) is 5.75 Å². The third-order valence-electron chi connectivity index (χ3n) is 3.23. The Hall–Kier alpha value is -2.33. The van der Waals surface area contributed by atoms with Gasteiger partial charge < -0.3 is 22.1 Å². The summed E-state index contributed by atoms with van der Waals surface area (Å²) in [5.74, 6) is 0.00917. The molecule has 0 aliphatic rings. The van der Waals surface area contributed by atoms with Gasteiger partial charge in [0, 0.05) is 24.6 Å². The molecule has 0 saturated carbocycles. The predicted molar refractivity (Wildman–Crippen MR) is 72.4 cm³/mol. The molecule has 0 unspecified atom stereocenters. The Morgan fingerprint density at radius 3 is 2.40 bits per heavy atom. The van der Waals surface area contributed by atoms with Crippen LogP contribution in [0.2, 0.25) is 0 Å². The molecule has 0 spiro atoms. The molecule has 0 fully saturated rings. The van der Waals surface area contributed by atoms with E-state index < -0.39 is 0 Å². The van der Waals surface area contributed by atoms with Crippen LogP contribution in [-0.2, 0) is 7.05 Å². The molecule has 3 rings (SSSR count). The lowest BCUT2D eigenvalue weighted by Gasteiger charge is -2.07. The fraction of sp³-hybridized carbons (Fsp3) is 0.0667. The van der Waals surface area contributed by atoms with Gasteiger partial charge in [0.1, 0.15) is 0 Å². The summed E-state index contributed by atoms with van der Waals surface area (Å²) in [4.78, 5) is 12.4. The Morgan fingerprint density at radius 2 is 1.70 bits per heavy atom. The minimum Gasteiger partial charge on any atom is -1.00 e. The first kappa shape index (κ1) is 14.1. The lowest BCUT2D eigenvalue weighted by Crippen LogP contribution is -3.00. The maximum Gasteiger partial charge on any atom is 0.327 e. The zero-order valence-electron chi connectivity index (χ0n) is 10.8. The van der Waals surface area contributed by atoms with Crippen LogP contribution in [0, 0.1) is 0 Å². The van der Waals surface area contributed by atoms with Crippen molar-refractivity contribution < 1.29 is 22.1 Å². The second kappa shape index (κ2) is 5.35. The molecule has 5 heteroatoms. The zero-order valence-corrected chi connectivity index (χ0v) is 11.6. The van der Waals surface area contributed by atoms with Gasteiger partial charge in [0.05, 0.1) is 5.52 Å². The highest BCUT2D eigenvalue weighted by molar-refractivity contribution is 5.87. The molecule has 2 heterocycles. The molecule has 2 aromatic heterocycles. The van der Waals surface area contributed by atoms with Gasteiger partial charge in [-0.3, -0.25) is 4.79 Å². The van der Waals surface area contributed by atoms with Crippen LogP contribution in [0.5, 0.6) is 5.75 Å². The average Bonchev–Trinajstić information content (AvgIpc) is 2.46. The van der Waals surface area contributed by atoms with Crippen LogP contribution >= 0.6 is 0 Å². The predicted octanol–water partition coefficient (Wildman–Crippen LogP) is -1.48. The first-order valence-corrected chi connectivity index (χ1v) is 5.97. The van der Waals surface area contributed by atoms with Crippen molar-refractivity contribution in [1.82, 2.24) is 4.57 Å². The standard InChI is InChI=1S/C15H12N2O2.ClH/c1-16-12-8-4-3-7-11(12)14(18)13(15(16)19)17-9-5-2-6-10-17;/h2-10H,1H3;1H. The topological polar surface area (TPSA) is 46.1 Å². The average molecular weight is 289 g/mol. The number of benzene rings is 1. The zero-order chi connectivity index (χ0) is 13.4. The van der Waals surface area contributed by atoms with Crippen molar-refractivity contribution in [2.24, 2.45) is 7.05 Å². The number of para-hydroxylation sites is 1. The maximum absolute atomic E-state index is 12.4. The van der Waals surface area contributed by atoms with Crippen molar-refractivity contribution in [2.75, 3.05) is 0 Å². The number of aryl methyl sites for hydroxylation is 1. The van der Waals surface area contributed by atoms with E-state index in [4.69, 9.17) is 0 Å². The number of pyridine rings is 2. The maximum atomic E-state index is 12.4. The van der Waals surface area contributed by atoms with Crippen LogP contribution in [0.25, 0.3) is 16.6 Å². The fourth-order valence-electron chi connectivity index (χ4n) is 2.24. The van der Waals surface area contributed by atoms with Crippen LogP contribution in [-0.4, -0.2) is 9.67 Å². The SMILES string of the molecule is Cn1c(=O)c(-[n+]2ccccc2)c(O)c2ccccc21.[Cl-]. The number of halogens is 1. The Bertz CT molecular complexity index is 813. The molecule has 0 amide bonds. The highest BCUT2D eigenvalue weighted by atomic mass is 35.5. The third-order valence-corrected chi connectivity index (χ3v) is 3.23. The summed E-state index contributed by atoms with van der Waals surface area (Å²) in [6.07, 6.45) is 3.48. The van der Waals surface area contributed by atoms with Gasteiger partial charge in [-0.2, -0.15) is 4.57 Å². The van der Waals surface area contributed by atoms with Gasteiger partial charge in [-0.15, -0.1) is 0 Å². The molecule has 0 aliphatic heterocycles. The van der Waals surface area contributed by atoms with E-state index in [2.05, 4.69) is 0 Å². The normalized spacial score (nSPS) is 10.2. The Balaban J connectivity index is 0.00000147. The lowest BCUT2D eigenvalue weighted by molar-refractivity contribution is -0.597. The van der Waals surface area contributed by atoms with Crippen molar-refractivity contribution >= 4 is 10.9 Å². The van der Waals surface area contributed by atoms with Crippen LogP contribution in [0.1, 0.15) is 0 Å². The summed E-state index contributed by atoms with van der Waals surface area (Å²) in [6.45, 7) is 0. The molecule has 0 aliphatic carbocycles.